The van der Waals surface area contributed by atoms with E-state index in [0.717, 1.165) is 5.57 Å². The van der Waals surface area contributed by atoms with Crippen LogP contribution in [-0.2, 0) is 4.79 Å². The van der Waals surface area contributed by atoms with Crippen molar-refractivity contribution >= 4 is 23.1 Å². The third kappa shape index (κ3) is 3.54. The molecule has 2 rings (SSSR count). The Bertz CT molecular complexity index is 849. The van der Waals surface area contributed by atoms with Gasteiger partial charge in [0.05, 0.1) is 10.4 Å². The number of pyridine rings is 1. The standard InChI is InChI=1S/C15H14N2O6/c1-9(2)5-6-22-13-11-4-3-10(17(20)21)7-12(11)16-15(19)14(13)23-8-18/h3-5,7-8H,6H2,1-2H3,(H,16,19). The average molecular weight is 318 g/mol. The van der Waals surface area contributed by atoms with E-state index in [4.69, 9.17) is 9.47 Å². The smallest absolute Gasteiger partial charge is 0.298 e. The Balaban J connectivity index is 2.63. The number of aromatic nitrogens is 1. The number of hydrogen-bond acceptors (Lipinski definition) is 6. The van der Waals surface area contributed by atoms with Gasteiger partial charge in [-0.2, -0.15) is 0 Å². The molecule has 0 unspecified atom stereocenters. The molecule has 1 N–H and O–H groups in total. The van der Waals surface area contributed by atoms with Crippen LogP contribution in [0.25, 0.3) is 10.9 Å². The van der Waals surface area contributed by atoms with Crippen molar-refractivity contribution in [1.29, 1.82) is 0 Å². The first-order valence-electron chi connectivity index (χ1n) is 6.65. The van der Waals surface area contributed by atoms with E-state index in [2.05, 4.69) is 4.98 Å². The molecule has 2 aromatic rings. The number of carbonyl (C=O) groups excluding carboxylic acids is 1. The van der Waals surface area contributed by atoms with Gasteiger partial charge in [-0.05, 0) is 26.0 Å². The first-order valence-corrected chi connectivity index (χ1v) is 6.65. The fourth-order valence-electron chi connectivity index (χ4n) is 1.94. The summed E-state index contributed by atoms with van der Waals surface area (Å²) in [6.07, 6.45) is 1.78. The molecule has 0 fully saturated rings. The van der Waals surface area contributed by atoms with Crippen LogP contribution in [0.5, 0.6) is 11.5 Å². The minimum Gasteiger partial charge on any atom is -0.485 e. The Labute approximate surface area is 130 Å². The highest BCUT2D eigenvalue weighted by atomic mass is 16.6. The summed E-state index contributed by atoms with van der Waals surface area (Å²) >= 11 is 0. The SMILES string of the molecule is CC(C)=CCOc1c(OC=O)c(=O)[nH]c2cc([N+](=O)[O-])ccc12. The lowest BCUT2D eigenvalue weighted by atomic mass is 10.1. The fourth-order valence-corrected chi connectivity index (χ4v) is 1.94. The zero-order valence-corrected chi connectivity index (χ0v) is 12.5. The van der Waals surface area contributed by atoms with Crippen LogP contribution in [0.2, 0.25) is 0 Å². The maximum absolute atomic E-state index is 12.0. The van der Waals surface area contributed by atoms with Gasteiger partial charge in [-0.3, -0.25) is 19.7 Å². The fraction of sp³-hybridized carbons (Fsp3) is 0.200. The number of hydrogen-bond donors (Lipinski definition) is 1. The summed E-state index contributed by atoms with van der Waals surface area (Å²) in [6, 6.07) is 3.92. The van der Waals surface area contributed by atoms with Crippen LogP contribution in [0, 0.1) is 10.1 Å². The van der Waals surface area contributed by atoms with Crippen molar-refractivity contribution in [2.45, 2.75) is 13.8 Å². The van der Waals surface area contributed by atoms with E-state index in [9.17, 15) is 19.7 Å². The Hall–Kier alpha value is -3.16. The van der Waals surface area contributed by atoms with E-state index in [1.54, 1.807) is 6.08 Å². The van der Waals surface area contributed by atoms with Crippen LogP contribution in [0.4, 0.5) is 5.69 Å². The van der Waals surface area contributed by atoms with Crippen molar-refractivity contribution in [3.05, 3.63) is 50.3 Å². The molecule has 0 spiro atoms. The van der Waals surface area contributed by atoms with Gasteiger partial charge < -0.3 is 14.5 Å². The van der Waals surface area contributed by atoms with Crippen LogP contribution in [0.3, 0.4) is 0 Å². The van der Waals surface area contributed by atoms with Crippen LogP contribution >= 0.6 is 0 Å². The maximum Gasteiger partial charge on any atom is 0.298 e. The Morgan fingerprint density at radius 2 is 2.09 bits per heavy atom. The summed E-state index contributed by atoms with van der Waals surface area (Å²) in [5.41, 5.74) is 0.340. The molecule has 1 aromatic heterocycles. The lowest BCUT2D eigenvalue weighted by Crippen LogP contribution is -2.13. The number of nitrogens with zero attached hydrogens (tertiary/aromatic N) is 1. The van der Waals surface area contributed by atoms with Crippen molar-refractivity contribution in [2.24, 2.45) is 0 Å². The summed E-state index contributed by atoms with van der Waals surface area (Å²) in [4.78, 5) is 35.3. The van der Waals surface area contributed by atoms with Crippen LogP contribution in [0.1, 0.15) is 13.8 Å². The number of allylic oxidation sites excluding steroid dienone is 1. The summed E-state index contributed by atoms with van der Waals surface area (Å²) in [5, 5.41) is 11.2. The van der Waals surface area contributed by atoms with Gasteiger partial charge in [0.1, 0.15) is 6.61 Å². The predicted molar refractivity (Wildman–Crippen MR) is 82.8 cm³/mol. The third-order valence-electron chi connectivity index (χ3n) is 3.00. The minimum atomic E-state index is -0.711. The van der Waals surface area contributed by atoms with Gasteiger partial charge >= 0.3 is 0 Å². The van der Waals surface area contributed by atoms with Crippen molar-refractivity contribution in [2.75, 3.05) is 6.61 Å². The van der Waals surface area contributed by atoms with E-state index < -0.39 is 10.5 Å². The van der Waals surface area contributed by atoms with Gasteiger partial charge in [0.2, 0.25) is 5.75 Å². The number of aromatic amines is 1. The molecular weight excluding hydrogens is 304 g/mol. The lowest BCUT2D eigenvalue weighted by molar-refractivity contribution is -0.384. The molecule has 23 heavy (non-hydrogen) atoms. The highest BCUT2D eigenvalue weighted by Crippen LogP contribution is 2.33. The lowest BCUT2D eigenvalue weighted by Gasteiger charge is -2.11. The first-order chi connectivity index (χ1) is 10.9. The monoisotopic (exact) mass is 318 g/mol. The zero-order valence-electron chi connectivity index (χ0n) is 12.5. The normalized spacial score (nSPS) is 10.2. The zero-order chi connectivity index (χ0) is 17.0. The molecule has 0 saturated heterocycles. The molecule has 0 aliphatic carbocycles. The van der Waals surface area contributed by atoms with Crippen LogP contribution < -0.4 is 15.0 Å². The summed E-state index contributed by atoms with van der Waals surface area (Å²) in [7, 11) is 0. The number of carbonyl (C=O) groups is 1. The highest BCUT2D eigenvalue weighted by Gasteiger charge is 2.18. The number of fused-ring (bicyclic) bond motifs is 1. The molecule has 0 radical (unpaired) electrons. The molecule has 0 aliphatic heterocycles. The second kappa shape index (κ2) is 6.73. The van der Waals surface area contributed by atoms with E-state index in [1.165, 1.54) is 18.2 Å². The van der Waals surface area contributed by atoms with E-state index in [1.807, 2.05) is 13.8 Å². The number of rotatable bonds is 6. The number of ether oxygens (including phenoxy) is 2. The number of H-pyrrole nitrogens is 1. The number of nitrogens with one attached hydrogen (secondary N) is 1. The topological polar surface area (TPSA) is 112 Å². The van der Waals surface area contributed by atoms with Crippen molar-refractivity contribution in [1.82, 2.24) is 4.98 Å². The van der Waals surface area contributed by atoms with Gasteiger partial charge in [0.15, 0.2) is 5.75 Å². The number of benzene rings is 1. The second-order valence-electron chi connectivity index (χ2n) is 4.91. The van der Waals surface area contributed by atoms with Gasteiger partial charge in [0.25, 0.3) is 17.7 Å². The predicted octanol–water partition coefficient (Wildman–Crippen LogP) is 2.32. The summed E-state index contributed by atoms with van der Waals surface area (Å²) in [6.45, 7) is 4.04. The molecular formula is C15H14N2O6. The molecule has 0 saturated carbocycles. The van der Waals surface area contributed by atoms with Gasteiger partial charge in [-0.15, -0.1) is 0 Å². The molecule has 8 nitrogen and oxygen atoms in total. The van der Waals surface area contributed by atoms with Crippen molar-refractivity contribution in [3.8, 4) is 11.5 Å². The quantitative estimate of drug-likeness (QED) is 0.378. The molecule has 0 aliphatic rings. The molecule has 1 aromatic carbocycles. The molecule has 120 valence electrons. The van der Waals surface area contributed by atoms with E-state index in [0.29, 0.717) is 5.39 Å². The molecule has 8 heteroatoms. The minimum absolute atomic E-state index is 0.0586. The Kier molecular flexibility index (Phi) is 4.75. The maximum atomic E-state index is 12.0. The highest BCUT2D eigenvalue weighted by molar-refractivity contribution is 5.89. The van der Waals surface area contributed by atoms with E-state index in [-0.39, 0.29) is 35.8 Å². The summed E-state index contributed by atoms with van der Waals surface area (Å²) < 4.78 is 10.3. The molecule has 0 bridgehead atoms. The van der Waals surface area contributed by atoms with Crippen LogP contribution in [0.15, 0.2) is 34.6 Å². The van der Waals surface area contributed by atoms with Gasteiger partial charge in [-0.1, -0.05) is 5.57 Å². The number of non-ortho nitro benzene ring substituents is 1. The molecule has 0 amide bonds. The second-order valence-corrected chi connectivity index (χ2v) is 4.91. The number of nitro benzene ring substituents is 1. The van der Waals surface area contributed by atoms with Crippen LogP contribution in [-0.4, -0.2) is 23.0 Å². The first kappa shape index (κ1) is 16.2. The molecule has 0 atom stereocenters. The Morgan fingerprint density at radius 3 is 2.70 bits per heavy atom. The van der Waals surface area contributed by atoms with Gasteiger partial charge in [0, 0.05) is 17.5 Å². The van der Waals surface area contributed by atoms with E-state index >= 15 is 0 Å². The van der Waals surface area contributed by atoms with Crippen molar-refractivity contribution < 1.29 is 19.2 Å². The number of nitro groups is 1. The van der Waals surface area contributed by atoms with Gasteiger partial charge in [-0.25, -0.2) is 0 Å². The Morgan fingerprint density at radius 1 is 1.35 bits per heavy atom. The average Bonchev–Trinajstić information content (AvgIpc) is 2.49. The summed E-state index contributed by atoms with van der Waals surface area (Å²) in [5.74, 6) is -0.230. The van der Waals surface area contributed by atoms with Crippen molar-refractivity contribution in [3.63, 3.8) is 0 Å². The third-order valence-corrected chi connectivity index (χ3v) is 3.00. The molecule has 1 heterocycles. The largest absolute Gasteiger partial charge is 0.485 e.